The van der Waals surface area contributed by atoms with E-state index in [9.17, 15) is 13.9 Å². The average Bonchev–Trinajstić information content (AvgIpc) is 2.94. The van der Waals surface area contributed by atoms with Crippen LogP contribution in [0.4, 0.5) is 8.78 Å². The maximum Gasteiger partial charge on any atom is 0.251 e. The van der Waals surface area contributed by atoms with Crippen molar-refractivity contribution in [3.05, 3.63) is 59.5 Å². The standard InChI is InChI=1S/C19H19F2N3O/c1-11-8-14-13-4-2-3-5-15(13)23-18(14)19(24(11)10-17(20)21)16-7-6-12(25)9-22-16/h2-7,9,11,17,19,23,25H,8,10H2,1H3/t11-,19-/m1/s1. The summed E-state index contributed by atoms with van der Waals surface area (Å²) in [4.78, 5) is 9.51. The third-order valence-corrected chi connectivity index (χ3v) is 4.92. The number of rotatable bonds is 3. The van der Waals surface area contributed by atoms with Crippen molar-refractivity contribution >= 4 is 10.9 Å². The molecule has 0 spiro atoms. The zero-order valence-corrected chi connectivity index (χ0v) is 13.8. The van der Waals surface area contributed by atoms with Gasteiger partial charge in [-0.05, 0) is 37.1 Å². The van der Waals surface area contributed by atoms with Gasteiger partial charge in [0.05, 0.1) is 24.5 Å². The van der Waals surface area contributed by atoms with Crippen molar-refractivity contribution in [1.82, 2.24) is 14.9 Å². The van der Waals surface area contributed by atoms with Gasteiger partial charge in [0, 0.05) is 22.6 Å². The van der Waals surface area contributed by atoms with Gasteiger partial charge in [-0.3, -0.25) is 9.88 Å². The van der Waals surface area contributed by atoms with E-state index in [0.717, 1.165) is 22.2 Å². The number of aromatic nitrogens is 2. The van der Waals surface area contributed by atoms with Crippen LogP contribution in [0.3, 0.4) is 0 Å². The van der Waals surface area contributed by atoms with Gasteiger partial charge in [0.25, 0.3) is 6.43 Å². The van der Waals surface area contributed by atoms with E-state index in [-0.39, 0.29) is 24.4 Å². The lowest BCUT2D eigenvalue weighted by molar-refractivity contribution is 0.0446. The van der Waals surface area contributed by atoms with Gasteiger partial charge in [0.1, 0.15) is 5.75 Å². The zero-order valence-electron chi connectivity index (χ0n) is 13.8. The first-order valence-corrected chi connectivity index (χ1v) is 8.33. The number of fused-ring (bicyclic) bond motifs is 3. The summed E-state index contributed by atoms with van der Waals surface area (Å²) in [5, 5.41) is 10.7. The molecule has 6 heteroatoms. The maximum absolute atomic E-state index is 13.2. The van der Waals surface area contributed by atoms with Crippen LogP contribution in [0.1, 0.15) is 29.9 Å². The van der Waals surface area contributed by atoms with E-state index in [1.807, 2.05) is 25.1 Å². The molecular formula is C19H19F2N3O. The van der Waals surface area contributed by atoms with Gasteiger partial charge < -0.3 is 10.1 Å². The van der Waals surface area contributed by atoms with Gasteiger partial charge in [0.2, 0.25) is 0 Å². The van der Waals surface area contributed by atoms with Crippen molar-refractivity contribution in [2.45, 2.75) is 31.9 Å². The van der Waals surface area contributed by atoms with Crippen molar-refractivity contribution in [2.75, 3.05) is 6.54 Å². The molecule has 0 amide bonds. The summed E-state index contributed by atoms with van der Waals surface area (Å²) in [7, 11) is 0. The molecule has 1 aromatic carbocycles. The molecule has 1 aliphatic rings. The number of pyridine rings is 1. The number of H-pyrrole nitrogens is 1. The molecule has 0 fully saturated rings. The third-order valence-electron chi connectivity index (χ3n) is 4.92. The molecule has 2 N–H and O–H groups in total. The number of nitrogens with one attached hydrogen (secondary N) is 1. The molecule has 2 aromatic heterocycles. The van der Waals surface area contributed by atoms with Crippen molar-refractivity contribution in [3.63, 3.8) is 0 Å². The number of hydrogen-bond acceptors (Lipinski definition) is 3. The van der Waals surface area contributed by atoms with Crippen molar-refractivity contribution < 1.29 is 13.9 Å². The monoisotopic (exact) mass is 343 g/mol. The van der Waals surface area contributed by atoms with E-state index in [4.69, 9.17) is 0 Å². The van der Waals surface area contributed by atoms with Gasteiger partial charge in [-0.25, -0.2) is 8.78 Å². The largest absolute Gasteiger partial charge is 0.506 e. The highest BCUT2D eigenvalue weighted by Gasteiger charge is 2.37. The summed E-state index contributed by atoms with van der Waals surface area (Å²) in [5.74, 6) is 0.0601. The first-order chi connectivity index (χ1) is 12.0. The number of nitrogens with zero attached hydrogens (tertiary/aromatic N) is 2. The molecule has 0 saturated heterocycles. The van der Waals surface area contributed by atoms with E-state index < -0.39 is 6.43 Å². The fourth-order valence-electron chi connectivity index (χ4n) is 3.83. The van der Waals surface area contributed by atoms with Gasteiger partial charge >= 0.3 is 0 Å². The predicted octanol–water partition coefficient (Wildman–Crippen LogP) is 3.87. The average molecular weight is 343 g/mol. The van der Waals surface area contributed by atoms with Crippen LogP contribution in [0.5, 0.6) is 5.75 Å². The Labute approximate surface area is 144 Å². The molecule has 4 rings (SSSR count). The Morgan fingerprint density at radius 1 is 1.28 bits per heavy atom. The Bertz CT molecular complexity index is 891. The molecule has 0 radical (unpaired) electrons. The molecule has 2 atom stereocenters. The van der Waals surface area contributed by atoms with E-state index in [0.29, 0.717) is 12.1 Å². The summed E-state index contributed by atoms with van der Waals surface area (Å²) >= 11 is 0. The van der Waals surface area contributed by atoms with Gasteiger partial charge in [0.15, 0.2) is 0 Å². The second kappa shape index (κ2) is 6.11. The minimum atomic E-state index is -2.42. The predicted molar refractivity (Wildman–Crippen MR) is 91.9 cm³/mol. The zero-order chi connectivity index (χ0) is 17.6. The molecule has 3 heterocycles. The molecule has 0 bridgehead atoms. The van der Waals surface area contributed by atoms with Crippen LogP contribution >= 0.6 is 0 Å². The molecule has 0 saturated carbocycles. The first-order valence-electron chi connectivity index (χ1n) is 8.33. The van der Waals surface area contributed by atoms with Crippen molar-refractivity contribution in [3.8, 4) is 5.75 Å². The highest BCUT2D eigenvalue weighted by molar-refractivity contribution is 5.85. The van der Waals surface area contributed by atoms with Crippen LogP contribution in [0, 0.1) is 0 Å². The number of aromatic amines is 1. The number of benzene rings is 1. The molecular weight excluding hydrogens is 324 g/mol. The van der Waals surface area contributed by atoms with Crippen LogP contribution in [-0.4, -0.2) is 39.0 Å². The summed E-state index contributed by atoms with van der Waals surface area (Å²) in [6.07, 6.45) is -0.356. The number of aromatic hydroxyl groups is 1. The van der Waals surface area contributed by atoms with E-state index in [1.165, 1.54) is 6.20 Å². The Kier molecular flexibility index (Phi) is 3.92. The molecule has 4 nitrogen and oxygen atoms in total. The molecule has 0 unspecified atom stereocenters. The summed E-state index contributed by atoms with van der Waals surface area (Å²) in [6.45, 7) is 1.66. The topological polar surface area (TPSA) is 52.1 Å². The summed E-state index contributed by atoms with van der Waals surface area (Å²) < 4.78 is 26.4. The smallest absolute Gasteiger partial charge is 0.251 e. The third kappa shape index (κ3) is 2.76. The Morgan fingerprint density at radius 2 is 2.08 bits per heavy atom. The van der Waals surface area contributed by atoms with Crippen molar-refractivity contribution in [2.24, 2.45) is 0 Å². The SMILES string of the molecule is C[C@@H]1Cc2c([nH]c3ccccc23)[C@@H](c2ccc(O)cn2)N1CC(F)F. The fraction of sp³-hybridized carbons (Fsp3) is 0.316. The molecule has 3 aromatic rings. The van der Waals surface area contributed by atoms with Gasteiger partial charge in [-0.15, -0.1) is 0 Å². The number of halogens is 2. The first kappa shape index (κ1) is 16.0. The number of para-hydroxylation sites is 1. The number of hydrogen-bond donors (Lipinski definition) is 2. The van der Waals surface area contributed by atoms with E-state index >= 15 is 0 Å². The lowest BCUT2D eigenvalue weighted by Gasteiger charge is -2.40. The Hall–Kier alpha value is -2.47. The van der Waals surface area contributed by atoms with Gasteiger partial charge in [-0.2, -0.15) is 0 Å². The Balaban J connectivity index is 1.90. The van der Waals surface area contributed by atoms with Gasteiger partial charge in [-0.1, -0.05) is 18.2 Å². The molecule has 0 aliphatic carbocycles. The highest BCUT2D eigenvalue weighted by atomic mass is 19.3. The van der Waals surface area contributed by atoms with Crippen LogP contribution in [0.2, 0.25) is 0 Å². The van der Waals surface area contributed by atoms with Crippen LogP contribution in [0.15, 0.2) is 42.6 Å². The second-order valence-corrected chi connectivity index (χ2v) is 6.55. The normalized spacial score (nSPS) is 21.0. The lowest BCUT2D eigenvalue weighted by Crippen LogP contribution is -2.45. The lowest BCUT2D eigenvalue weighted by atomic mass is 9.90. The number of alkyl halides is 2. The molecule has 130 valence electrons. The fourth-order valence-corrected chi connectivity index (χ4v) is 3.83. The van der Waals surface area contributed by atoms with Crippen molar-refractivity contribution in [1.29, 1.82) is 0 Å². The maximum atomic E-state index is 13.2. The highest BCUT2D eigenvalue weighted by Crippen LogP contribution is 2.40. The van der Waals surface area contributed by atoms with E-state index in [1.54, 1.807) is 17.0 Å². The summed E-state index contributed by atoms with van der Waals surface area (Å²) in [6, 6.07) is 10.8. The summed E-state index contributed by atoms with van der Waals surface area (Å²) in [5.41, 5.74) is 3.73. The Morgan fingerprint density at radius 3 is 2.80 bits per heavy atom. The molecule has 25 heavy (non-hydrogen) atoms. The molecule has 1 aliphatic heterocycles. The quantitative estimate of drug-likeness (QED) is 0.759. The minimum absolute atomic E-state index is 0.0405. The van der Waals surface area contributed by atoms with E-state index in [2.05, 4.69) is 16.0 Å². The second-order valence-electron chi connectivity index (χ2n) is 6.55. The minimum Gasteiger partial charge on any atom is -0.506 e. The van der Waals surface area contributed by atoms with Crippen LogP contribution < -0.4 is 0 Å². The van der Waals surface area contributed by atoms with Crippen LogP contribution in [0.25, 0.3) is 10.9 Å². The van der Waals surface area contributed by atoms with Crippen LogP contribution in [-0.2, 0) is 6.42 Å².